The lowest BCUT2D eigenvalue weighted by atomic mass is 10.0. The number of benzene rings is 1. The van der Waals surface area contributed by atoms with Gasteiger partial charge in [-0.15, -0.1) is 0 Å². The summed E-state index contributed by atoms with van der Waals surface area (Å²) in [6.45, 7) is 5.54. The van der Waals surface area contributed by atoms with Crippen molar-refractivity contribution in [2.45, 2.75) is 26.3 Å². The predicted octanol–water partition coefficient (Wildman–Crippen LogP) is 1.71. The van der Waals surface area contributed by atoms with E-state index in [1.54, 1.807) is 30.9 Å². The van der Waals surface area contributed by atoms with Crippen molar-refractivity contribution in [1.82, 2.24) is 5.09 Å². The lowest BCUT2D eigenvalue weighted by Crippen LogP contribution is -2.41. The zero-order chi connectivity index (χ0) is 13.8. The fraction of sp³-hybridized carbons (Fsp3) is 0.462. The molecule has 5 heteroatoms. The fourth-order valence-electron chi connectivity index (χ4n) is 1.69. The number of hydrogen-bond donors (Lipinski definition) is 2. The summed E-state index contributed by atoms with van der Waals surface area (Å²) in [4.78, 5) is 11.9. The summed E-state index contributed by atoms with van der Waals surface area (Å²) in [7, 11) is -2.88. The molecule has 2 atom stereocenters. The maximum Gasteiger partial charge on any atom is 0.242 e. The fourth-order valence-corrected chi connectivity index (χ4v) is 3.14. The second-order valence-electron chi connectivity index (χ2n) is 4.97. The van der Waals surface area contributed by atoms with Crippen LogP contribution in [0.15, 0.2) is 30.3 Å². The molecule has 0 bridgehead atoms. The van der Waals surface area contributed by atoms with Gasteiger partial charge in [-0.25, -0.2) is 0 Å². The van der Waals surface area contributed by atoms with E-state index in [2.05, 4.69) is 5.09 Å². The number of amides is 1. The number of nitrogens with two attached hydrogens (primary N) is 1. The van der Waals surface area contributed by atoms with Gasteiger partial charge in [0, 0.05) is 12.0 Å². The van der Waals surface area contributed by atoms with Gasteiger partial charge in [-0.3, -0.25) is 9.36 Å². The largest absolute Gasteiger partial charge is 0.320 e. The van der Waals surface area contributed by atoms with Crippen LogP contribution in [0.2, 0.25) is 0 Å². The van der Waals surface area contributed by atoms with E-state index in [4.69, 9.17) is 5.73 Å². The molecule has 0 saturated carbocycles. The summed E-state index contributed by atoms with van der Waals surface area (Å²) < 4.78 is 12.4. The Hall–Kier alpha value is -1.12. The van der Waals surface area contributed by atoms with Crippen LogP contribution in [0.4, 0.5) is 0 Å². The highest BCUT2D eigenvalue weighted by molar-refractivity contribution is 7.69. The van der Waals surface area contributed by atoms with Crippen molar-refractivity contribution in [1.29, 1.82) is 0 Å². The lowest BCUT2D eigenvalue weighted by Gasteiger charge is -2.19. The van der Waals surface area contributed by atoms with E-state index in [-0.39, 0.29) is 5.91 Å². The van der Waals surface area contributed by atoms with Crippen LogP contribution in [-0.4, -0.2) is 18.6 Å². The highest BCUT2D eigenvalue weighted by atomic mass is 31.2. The van der Waals surface area contributed by atoms with Crippen LogP contribution >= 0.6 is 7.29 Å². The highest BCUT2D eigenvalue weighted by Gasteiger charge is 2.24. The Morgan fingerprint density at radius 1 is 1.33 bits per heavy atom. The van der Waals surface area contributed by atoms with Gasteiger partial charge in [0.15, 0.2) is 7.29 Å². The number of nitrogens with one attached hydrogen (secondary N) is 1. The zero-order valence-corrected chi connectivity index (χ0v) is 12.0. The molecule has 0 heterocycles. The number of hydrogen-bond acceptors (Lipinski definition) is 3. The Labute approximate surface area is 108 Å². The van der Waals surface area contributed by atoms with Gasteiger partial charge in [0.05, 0.1) is 6.04 Å². The first-order valence-electron chi connectivity index (χ1n) is 6.04. The van der Waals surface area contributed by atoms with Gasteiger partial charge in [-0.05, 0) is 24.5 Å². The average molecular weight is 268 g/mol. The molecule has 0 aliphatic carbocycles. The lowest BCUT2D eigenvalue weighted by molar-refractivity contribution is -0.120. The molecule has 4 nitrogen and oxygen atoms in total. The van der Waals surface area contributed by atoms with Crippen molar-refractivity contribution >= 4 is 18.5 Å². The van der Waals surface area contributed by atoms with Crippen LogP contribution in [0.25, 0.3) is 0 Å². The van der Waals surface area contributed by atoms with Crippen LogP contribution in [0.3, 0.4) is 0 Å². The summed E-state index contributed by atoms with van der Waals surface area (Å²) in [5.74, 6) is -0.0166. The molecule has 0 spiro atoms. The van der Waals surface area contributed by atoms with Crippen molar-refractivity contribution in [2.75, 3.05) is 6.66 Å². The molecule has 1 rings (SSSR count). The van der Waals surface area contributed by atoms with Crippen LogP contribution < -0.4 is 16.1 Å². The quantitative estimate of drug-likeness (QED) is 0.798. The van der Waals surface area contributed by atoms with Crippen molar-refractivity contribution in [3.63, 3.8) is 0 Å². The highest BCUT2D eigenvalue weighted by Crippen LogP contribution is 2.34. The second-order valence-corrected chi connectivity index (χ2v) is 7.56. The summed E-state index contributed by atoms with van der Waals surface area (Å²) >= 11 is 0. The van der Waals surface area contributed by atoms with Crippen molar-refractivity contribution < 1.29 is 9.36 Å². The van der Waals surface area contributed by atoms with E-state index in [0.29, 0.717) is 17.6 Å². The molecule has 0 aromatic heterocycles. The van der Waals surface area contributed by atoms with E-state index in [1.165, 1.54) is 0 Å². The smallest absolute Gasteiger partial charge is 0.242 e. The molecule has 100 valence electrons. The van der Waals surface area contributed by atoms with E-state index in [1.807, 2.05) is 19.9 Å². The first-order valence-corrected chi connectivity index (χ1v) is 8.19. The van der Waals surface area contributed by atoms with Crippen LogP contribution in [0, 0.1) is 5.92 Å². The molecule has 0 radical (unpaired) electrons. The maximum absolute atomic E-state index is 12.4. The van der Waals surface area contributed by atoms with E-state index < -0.39 is 13.3 Å². The Bertz CT molecular complexity index is 446. The molecule has 1 aromatic rings. The van der Waals surface area contributed by atoms with Crippen LogP contribution in [-0.2, 0) is 9.36 Å². The minimum Gasteiger partial charge on any atom is -0.320 e. The number of rotatable bonds is 5. The van der Waals surface area contributed by atoms with Gasteiger partial charge in [-0.2, -0.15) is 0 Å². The van der Waals surface area contributed by atoms with Crippen LogP contribution in [0.1, 0.15) is 20.3 Å². The Morgan fingerprint density at radius 2 is 1.89 bits per heavy atom. The average Bonchev–Trinajstić information content (AvgIpc) is 2.28. The minimum atomic E-state index is -2.88. The number of carbonyl (C=O) groups excluding carboxylic acids is 1. The third-order valence-electron chi connectivity index (χ3n) is 2.63. The molecule has 1 unspecified atom stereocenters. The first kappa shape index (κ1) is 14.9. The van der Waals surface area contributed by atoms with Gasteiger partial charge in [-0.1, -0.05) is 32.0 Å². The molecule has 0 saturated heterocycles. The SMILES string of the molecule is CC(C)CC(N)C(=O)N[P@](C)(=O)c1ccccc1. The maximum atomic E-state index is 12.4. The van der Waals surface area contributed by atoms with Gasteiger partial charge >= 0.3 is 0 Å². The normalized spacial score (nSPS) is 16.1. The molecule has 1 aromatic carbocycles. The van der Waals surface area contributed by atoms with Crippen molar-refractivity contribution in [2.24, 2.45) is 11.7 Å². The third-order valence-corrected chi connectivity index (χ3v) is 4.57. The molecular formula is C13H21N2O2P. The molecule has 0 aliphatic rings. The molecule has 18 heavy (non-hydrogen) atoms. The molecular weight excluding hydrogens is 247 g/mol. The standard InChI is InChI=1S/C13H21N2O2P/c1-10(2)9-12(14)13(16)15-18(3,17)11-7-5-4-6-8-11/h4-8,10,12H,9,14H2,1-3H3,(H,15,16,17)/t12?,18-/m1/s1. The minimum absolute atomic E-state index is 0.332. The Kier molecular flexibility index (Phi) is 5.12. The zero-order valence-electron chi connectivity index (χ0n) is 11.1. The summed E-state index contributed by atoms with van der Waals surface area (Å²) in [5, 5.41) is 3.20. The topological polar surface area (TPSA) is 72.2 Å². The van der Waals surface area contributed by atoms with E-state index in [0.717, 1.165) is 0 Å². The number of carbonyl (C=O) groups is 1. The van der Waals surface area contributed by atoms with E-state index in [9.17, 15) is 9.36 Å². The van der Waals surface area contributed by atoms with Gasteiger partial charge in [0.1, 0.15) is 0 Å². The summed E-state index contributed by atoms with van der Waals surface area (Å²) in [6, 6.07) is 8.32. The van der Waals surface area contributed by atoms with Crippen molar-refractivity contribution in [3.05, 3.63) is 30.3 Å². The molecule has 3 N–H and O–H groups in total. The molecule has 0 aliphatic heterocycles. The Morgan fingerprint density at radius 3 is 2.39 bits per heavy atom. The van der Waals surface area contributed by atoms with Crippen LogP contribution in [0.5, 0.6) is 0 Å². The first-order chi connectivity index (χ1) is 8.33. The van der Waals surface area contributed by atoms with E-state index >= 15 is 0 Å². The van der Waals surface area contributed by atoms with Gasteiger partial charge < -0.3 is 10.8 Å². The molecule has 0 fully saturated rings. The van der Waals surface area contributed by atoms with Crippen molar-refractivity contribution in [3.8, 4) is 0 Å². The predicted molar refractivity (Wildman–Crippen MR) is 75.2 cm³/mol. The second kappa shape index (κ2) is 6.17. The summed E-state index contributed by atoms with van der Waals surface area (Å²) in [6.07, 6.45) is 0.584. The van der Waals surface area contributed by atoms with Gasteiger partial charge in [0.2, 0.25) is 5.91 Å². The third kappa shape index (κ3) is 4.28. The summed E-state index contributed by atoms with van der Waals surface area (Å²) in [5.41, 5.74) is 5.77. The Balaban J connectivity index is 2.72. The monoisotopic (exact) mass is 268 g/mol. The van der Waals surface area contributed by atoms with Gasteiger partial charge in [0.25, 0.3) is 0 Å². The molecule has 1 amide bonds.